The van der Waals surface area contributed by atoms with E-state index in [0.717, 1.165) is 43.8 Å². The highest BCUT2D eigenvalue weighted by Gasteiger charge is 2.33. The second-order valence-electron chi connectivity index (χ2n) is 6.79. The van der Waals surface area contributed by atoms with E-state index in [1.165, 1.54) is 0 Å². The Hall–Kier alpha value is -1.99. The molecule has 0 unspecified atom stereocenters. The molecule has 1 amide bonds. The summed E-state index contributed by atoms with van der Waals surface area (Å²) in [6.07, 6.45) is 4.69. The van der Waals surface area contributed by atoms with E-state index in [0.29, 0.717) is 18.7 Å². The van der Waals surface area contributed by atoms with E-state index in [9.17, 15) is 9.90 Å². The molecule has 2 aromatic rings. The molecular formula is C17H23N5O2. The van der Waals surface area contributed by atoms with Crippen molar-refractivity contribution in [3.63, 3.8) is 0 Å². The molecule has 128 valence electrons. The van der Waals surface area contributed by atoms with Crippen LogP contribution in [-0.2, 0) is 0 Å². The number of aliphatic hydroxyl groups excluding tert-OH is 1. The Morgan fingerprint density at radius 1 is 1.17 bits per heavy atom. The molecule has 0 aromatic carbocycles. The molecular weight excluding hydrogens is 306 g/mol. The maximum absolute atomic E-state index is 12.8. The Balaban J connectivity index is 1.44. The van der Waals surface area contributed by atoms with Crippen molar-refractivity contribution in [2.24, 2.45) is 0 Å². The predicted molar refractivity (Wildman–Crippen MR) is 88.8 cm³/mol. The number of carbonyl (C=O) groups is 1. The van der Waals surface area contributed by atoms with E-state index in [1.807, 2.05) is 34.6 Å². The van der Waals surface area contributed by atoms with E-state index in [2.05, 4.69) is 15.1 Å². The van der Waals surface area contributed by atoms with Crippen LogP contribution in [0.15, 0.2) is 18.3 Å². The van der Waals surface area contributed by atoms with Crippen LogP contribution in [0.25, 0.3) is 5.65 Å². The van der Waals surface area contributed by atoms with E-state index < -0.39 is 0 Å². The third-order valence-corrected chi connectivity index (χ3v) is 5.33. The van der Waals surface area contributed by atoms with Gasteiger partial charge in [-0.1, -0.05) is 0 Å². The van der Waals surface area contributed by atoms with Gasteiger partial charge in [0.2, 0.25) is 0 Å². The third kappa shape index (κ3) is 2.67. The highest BCUT2D eigenvalue weighted by atomic mass is 16.3. The second kappa shape index (κ2) is 6.14. The molecule has 4 rings (SSSR count). The third-order valence-electron chi connectivity index (χ3n) is 5.33. The zero-order valence-corrected chi connectivity index (χ0v) is 13.9. The average molecular weight is 329 g/mol. The van der Waals surface area contributed by atoms with Crippen LogP contribution in [0.5, 0.6) is 0 Å². The smallest absolute Gasteiger partial charge is 0.255 e. The minimum absolute atomic E-state index is 0.0524. The zero-order chi connectivity index (χ0) is 16.7. The number of carbonyl (C=O) groups excluding carboxylic acids is 1. The number of rotatable bonds is 2. The van der Waals surface area contributed by atoms with Crippen molar-refractivity contribution in [2.75, 3.05) is 26.2 Å². The molecule has 0 bridgehead atoms. The van der Waals surface area contributed by atoms with Crippen LogP contribution in [-0.4, -0.2) is 73.7 Å². The van der Waals surface area contributed by atoms with Gasteiger partial charge in [0.1, 0.15) is 5.82 Å². The molecule has 2 aromatic heterocycles. The molecule has 0 radical (unpaired) electrons. The van der Waals surface area contributed by atoms with Crippen molar-refractivity contribution in [3.8, 4) is 0 Å². The van der Waals surface area contributed by atoms with Crippen LogP contribution in [0.4, 0.5) is 0 Å². The fraction of sp³-hybridized carbons (Fsp3) is 0.588. The van der Waals surface area contributed by atoms with Gasteiger partial charge >= 0.3 is 0 Å². The molecule has 1 saturated heterocycles. The van der Waals surface area contributed by atoms with Crippen LogP contribution < -0.4 is 0 Å². The Bertz CT molecular complexity index is 751. The summed E-state index contributed by atoms with van der Waals surface area (Å²) in [5, 5.41) is 18.1. The lowest BCUT2D eigenvalue weighted by Gasteiger charge is -2.39. The summed E-state index contributed by atoms with van der Waals surface area (Å²) in [5.74, 6) is 0.830. The molecule has 1 N–H and O–H groups in total. The molecule has 0 spiro atoms. The van der Waals surface area contributed by atoms with Gasteiger partial charge in [-0.2, -0.15) is 0 Å². The summed E-state index contributed by atoms with van der Waals surface area (Å²) in [5.41, 5.74) is 1.42. The Labute approximate surface area is 140 Å². The number of amides is 1. The standard InChI is InChI=1S/C17H23N5O2/c1-12-18-19-16-6-5-13(11-22(12)16)17(24)21-9-7-20(8-10-21)14-3-2-4-15(14)23/h5-6,11,14-15,23H,2-4,7-10H2,1H3/t14-,15-/m1/s1. The van der Waals surface area contributed by atoms with Crippen molar-refractivity contribution < 1.29 is 9.90 Å². The Morgan fingerprint density at radius 3 is 2.67 bits per heavy atom. The summed E-state index contributed by atoms with van der Waals surface area (Å²) in [6.45, 7) is 4.96. The topological polar surface area (TPSA) is 74.0 Å². The minimum atomic E-state index is -0.202. The van der Waals surface area contributed by atoms with Crippen molar-refractivity contribution in [3.05, 3.63) is 29.7 Å². The average Bonchev–Trinajstić information content (AvgIpc) is 3.20. The van der Waals surface area contributed by atoms with Gasteiger partial charge in [-0.25, -0.2) is 0 Å². The van der Waals surface area contributed by atoms with Crippen molar-refractivity contribution >= 4 is 11.6 Å². The number of aromatic nitrogens is 3. The quantitative estimate of drug-likeness (QED) is 0.878. The van der Waals surface area contributed by atoms with Gasteiger partial charge in [0.15, 0.2) is 5.65 Å². The summed E-state index contributed by atoms with van der Waals surface area (Å²) < 4.78 is 1.85. The number of aliphatic hydroxyl groups is 1. The van der Waals surface area contributed by atoms with Gasteiger partial charge in [0.25, 0.3) is 5.91 Å². The van der Waals surface area contributed by atoms with Crippen LogP contribution in [0, 0.1) is 6.92 Å². The summed E-state index contributed by atoms with van der Waals surface area (Å²) in [7, 11) is 0. The number of aryl methyl sites for hydroxylation is 1. The number of hydrogen-bond donors (Lipinski definition) is 1. The largest absolute Gasteiger partial charge is 0.391 e. The maximum Gasteiger partial charge on any atom is 0.255 e. The molecule has 2 atom stereocenters. The molecule has 7 heteroatoms. The Kier molecular flexibility index (Phi) is 3.97. The highest BCUT2D eigenvalue weighted by molar-refractivity contribution is 5.94. The first-order valence-corrected chi connectivity index (χ1v) is 8.66. The second-order valence-corrected chi connectivity index (χ2v) is 6.79. The Morgan fingerprint density at radius 2 is 1.96 bits per heavy atom. The monoisotopic (exact) mass is 329 g/mol. The van der Waals surface area contributed by atoms with Crippen LogP contribution in [0.3, 0.4) is 0 Å². The lowest BCUT2D eigenvalue weighted by molar-refractivity contribution is 0.0315. The first-order chi connectivity index (χ1) is 11.6. The SMILES string of the molecule is Cc1nnc2ccc(C(=O)N3CCN([C@@H]4CCC[C@H]4O)CC3)cn12. The van der Waals surface area contributed by atoms with E-state index in [1.54, 1.807) is 0 Å². The van der Waals surface area contributed by atoms with Gasteiger partial charge < -0.3 is 10.0 Å². The van der Waals surface area contributed by atoms with Crippen molar-refractivity contribution in [1.29, 1.82) is 0 Å². The lowest BCUT2D eigenvalue weighted by atomic mass is 10.1. The molecule has 1 saturated carbocycles. The maximum atomic E-state index is 12.8. The number of piperazine rings is 1. The van der Waals surface area contributed by atoms with Gasteiger partial charge in [-0.15, -0.1) is 10.2 Å². The molecule has 2 fully saturated rings. The molecule has 1 aliphatic heterocycles. The van der Waals surface area contributed by atoms with Crippen LogP contribution >= 0.6 is 0 Å². The van der Waals surface area contributed by atoms with Gasteiger partial charge in [-0.3, -0.25) is 14.1 Å². The first-order valence-electron chi connectivity index (χ1n) is 8.66. The van der Waals surface area contributed by atoms with Crippen LogP contribution in [0.1, 0.15) is 35.4 Å². The van der Waals surface area contributed by atoms with Gasteiger partial charge in [0.05, 0.1) is 11.7 Å². The molecule has 24 heavy (non-hydrogen) atoms. The number of fused-ring (bicyclic) bond motifs is 1. The predicted octanol–water partition coefficient (Wildman–Crippen LogP) is 0.709. The van der Waals surface area contributed by atoms with Gasteiger partial charge in [0, 0.05) is 38.4 Å². The normalized spacial score (nSPS) is 25.5. The van der Waals surface area contributed by atoms with E-state index in [-0.39, 0.29) is 18.1 Å². The van der Waals surface area contributed by atoms with E-state index >= 15 is 0 Å². The number of pyridine rings is 1. The molecule has 3 heterocycles. The van der Waals surface area contributed by atoms with E-state index in [4.69, 9.17) is 0 Å². The molecule has 1 aliphatic carbocycles. The van der Waals surface area contributed by atoms with Crippen LogP contribution in [0.2, 0.25) is 0 Å². The lowest BCUT2D eigenvalue weighted by Crippen LogP contribution is -2.53. The number of nitrogens with zero attached hydrogens (tertiary/aromatic N) is 5. The fourth-order valence-electron chi connectivity index (χ4n) is 3.92. The summed E-state index contributed by atoms with van der Waals surface area (Å²) in [4.78, 5) is 17.0. The molecule has 7 nitrogen and oxygen atoms in total. The highest BCUT2D eigenvalue weighted by Crippen LogP contribution is 2.25. The zero-order valence-electron chi connectivity index (χ0n) is 13.9. The minimum Gasteiger partial charge on any atom is -0.391 e. The van der Waals surface area contributed by atoms with Crippen molar-refractivity contribution in [1.82, 2.24) is 24.4 Å². The number of hydrogen-bond acceptors (Lipinski definition) is 5. The summed E-state index contributed by atoms with van der Waals surface area (Å²) in [6, 6.07) is 3.93. The van der Waals surface area contributed by atoms with Crippen molar-refractivity contribution in [2.45, 2.75) is 38.3 Å². The molecule has 2 aliphatic rings. The van der Waals surface area contributed by atoms with Gasteiger partial charge in [-0.05, 0) is 38.3 Å². The summed E-state index contributed by atoms with van der Waals surface area (Å²) >= 11 is 0. The fourth-order valence-corrected chi connectivity index (χ4v) is 3.92. The first kappa shape index (κ1) is 15.5.